The summed E-state index contributed by atoms with van der Waals surface area (Å²) in [6.45, 7) is 0.495. The van der Waals surface area contributed by atoms with Crippen molar-refractivity contribution in [2.45, 2.75) is 6.54 Å². The normalized spacial score (nSPS) is 10.7. The lowest BCUT2D eigenvalue weighted by Crippen LogP contribution is -2.26. The summed E-state index contributed by atoms with van der Waals surface area (Å²) in [6.07, 6.45) is 3.63. The quantitative estimate of drug-likeness (QED) is 0.549. The van der Waals surface area contributed by atoms with E-state index in [4.69, 9.17) is 4.74 Å². The first-order chi connectivity index (χ1) is 14.1. The minimum atomic E-state index is -0.117. The zero-order chi connectivity index (χ0) is 20.2. The summed E-state index contributed by atoms with van der Waals surface area (Å²) in [4.78, 5) is 14.4. The van der Waals surface area contributed by atoms with Gasteiger partial charge < -0.3 is 9.64 Å². The van der Waals surface area contributed by atoms with E-state index in [-0.39, 0.29) is 5.91 Å². The number of ether oxygens (including phenoxy) is 1. The van der Waals surface area contributed by atoms with Crippen LogP contribution in [0.3, 0.4) is 0 Å². The second kappa shape index (κ2) is 8.02. The van der Waals surface area contributed by atoms with E-state index >= 15 is 0 Å². The molecule has 0 aliphatic rings. The van der Waals surface area contributed by atoms with Crippen LogP contribution in [-0.2, 0) is 6.54 Å². The van der Waals surface area contributed by atoms with Gasteiger partial charge in [-0.1, -0.05) is 12.1 Å². The van der Waals surface area contributed by atoms with Gasteiger partial charge in [0.1, 0.15) is 11.4 Å². The van der Waals surface area contributed by atoms with Gasteiger partial charge in [0.25, 0.3) is 5.91 Å². The third kappa shape index (κ3) is 4.03. The van der Waals surface area contributed by atoms with E-state index in [2.05, 4.69) is 15.3 Å². The van der Waals surface area contributed by atoms with Gasteiger partial charge in [0, 0.05) is 31.5 Å². The van der Waals surface area contributed by atoms with E-state index in [0.717, 1.165) is 22.6 Å². The smallest absolute Gasteiger partial charge is 0.271 e. The maximum atomic E-state index is 12.8. The Morgan fingerprint density at radius 2 is 1.90 bits per heavy atom. The summed E-state index contributed by atoms with van der Waals surface area (Å²) in [5.41, 5.74) is 4.09. The minimum absolute atomic E-state index is 0.117. The second-order valence-corrected chi connectivity index (χ2v) is 6.67. The molecule has 0 aliphatic carbocycles. The number of carbonyl (C=O) groups is 1. The second-order valence-electron chi connectivity index (χ2n) is 6.67. The summed E-state index contributed by atoms with van der Waals surface area (Å²) in [5.74, 6) is 0.660. The van der Waals surface area contributed by atoms with Gasteiger partial charge >= 0.3 is 0 Å². The molecule has 0 fully saturated rings. The summed E-state index contributed by atoms with van der Waals surface area (Å²) in [7, 11) is 3.40. The molecule has 7 heteroatoms. The van der Waals surface area contributed by atoms with Gasteiger partial charge in [0.05, 0.1) is 18.5 Å². The van der Waals surface area contributed by atoms with Crippen LogP contribution in [0.15, 0.2) is 73.1 Å². The molecule has 4 aromatic rings. The third-order valence-corrected chi connectivity index (χ3v) is 4.67. The number of rotatable bonds is 6. The standard InChI is InChI=1S/C22H21N5O2/c1-26(15-16-4-8-18(9-5-16)27-13-3-12-23-27)22(28)21-14-20(24-25-21)17-6-10-19(29-2)11-7-17/h3-14H,15H2,1-2H3,(H,24,25). The number of H-pyrrole nitrogens is 1. The van der Waals surface area contributed by atoms with Gasteiger partial charge in [0.2, 0.25) is 0 Å². The van der Waals surface area contributed by atoms with Crippen molar-refractivity contribution < 1.29 is 9.53 Å². The lowest BCUT2D eigenvalue weighted by molar-refractivity contribution is 0.0779. The lowest BCUT2D eigenvalue weighted by Gasteiger charge is -2.16. The monoisotopic (exact) mass is 387 g/mol. The van der Waals surface area contributed by atoms with Gasteiger partial charge in [0.15, 0.2) is 0 Å². The molecule has 2 aromatic heterocycles. The number of nitrogens with one attached hydrogen (secondary N) is 1. The predicted octanol–water partition coefficient (Wildman–Crippen LogP) is 3.54. The zero-order valence-corrected chi connectivity index (χ0v) is 16.2. The predicted molar refractivity (Wildman–Crippen MR) is 110 cm³/mol. The molecular weight excluding hydrogens is 366 g/mol. The van der Waals surface area contributed by atoms with Gasteiger partial charge in [-0.25, -0.2) is 4.68 Å². The molecule has 0 unspecified atom stereocenters. The number of benzene rings is 2. The summed E-state index contributed by atoms with van der Waals surface area (Å²) in [5, 5.41) is 11.3. The van der Waals surface area contributed by atoms with Crippen LogP contribution in [-0.4, -0.2) is 44.9 Å². The van der Waals surface area contributed by atoms with Crippen molar-refractivity contribution in [2.24, 2.45) is 0 Å². The first-order valence-electron chi connectivity index (χ1n) is 9.18. The molecule has 2 heterocycles. The van der Waals surface area contributed by atoms with E-state index < -0.39 is 0 Å². The van der Waals surface area contributed by atoms with E-state index in [1.165, 1.54) is 0 Å². The molecule has 0 saturated carbocycles. The van der Waals surface area contributed by atoms with E-state index in [9.17, 15) is 4.79 Å². The molecular formula is C22H21N5O2. The molecule has 1 amide bonds. The maximum absolute atomic E-state index is 12.8. The van der Waals surface area contributed by atoms with Crippen LogP contribution in [0, 0.1) is 0 Å². The molecule has 0 saturated heterocycles. The highest BCUT2D eigenvalue weighted by Gasteiger charge is 2.16. The lowest BCUT2D eigenvalue weighted by atomic mass is 10.1. The van der Waals surface area contributed by atoms with Gasteiger partial charge in [-0.05, 0) is 54.1 Å². The first-order valence-corrected chi connectivity index (χ1v) is 9.18. The zero-order valence-electron chi connectivity index (χ0n) is 16.2. The Bertz CT molecular complexity index is 1080. The van der Waals surface area contributed by atoms with Gasteiger partial charge in [-0.2, -0.15) is 10.2 Å². The highest BCUT2D eigenvalue weighted by atomic mass is 16.5. The first kappa shape index (κ1) is 18.5. The van der Waals surface area contributed by atoms with Crippen molar-refractivity contribution in [1.29, 1.82) is 0 Å². The Balaban J connectivity index is 1.43. The van der Waals surface area contributed by atoms with Crippen LogP contribution in [0.25, 0.3) is 16.9 Å². The van der Waals surface area contributed by atoms with Gasteiger partial charge in [-0.15, -0.1) is 0 Å². The molecule has 0 aliphatic heterocycles. The van der Waals surface area contributed by atoms with E-state index in [1.54, 1.807) is 36.0 Å². The molecule has 7 nitrogen and oxygen atoms in total. The highest BCUT2D eigenvalue weighted by molar-refractivity contribution is 5.93. The molecule has 0 radical (unpaired) electrons. The number of aromatic nitrogens is 4. The van der Waals surface area contributed by atoms with Crippen molar-refractivity contribution in [2.75, 3.05) is 14.2 Å². The summed E-state index contributed by atoms with van der Waals surface area (Å²) in [6, 6.07) is 19.2. The molecule has 29 heavy (non-hydrogen) atoms. The Labute approximate surface area is 168 Å². The average Bonchev–Trinajstić information content (AvgIpc) is 3.46. The minimum Gasteiger partial charge on any atom is -0.497 e. The summed E-state index contributed by atoms with van der Waals surface area (Å²) >= 11 is 0. The fourth-order valence-electron chi connectivity index (χ4n) is 3.07. The number of aromatic amines is 1. The van der Waals surface area contributed by atoms with Crippen LogP contribution in [0.2, 0.25) is 0 Å². The molecule has 1 N–H and O–H groups in total. The average molecular weight is 387 g/mol. The Kier molecular flexibility index (Phi) is 5.11. The summed E-state index contributed by atoms with van der Waals surface area (Å²) < 4.78 is 6.97. The third-order valence-electron chi connectivity index (χ3n) is 4.67. The number of methoxy groups -OCH3 is 1. The highest BCUT2D eigenvalue weighted by Crippen LogP contribution is 2.21. The van der Waals surface area contributed by atoms with Crippen LogP contribution >= 0.6 is 0 Å². The molecule has 4 rings (SSSR count). The number of nitrogens with zero attached hydrogens (tertiary/aromatic N) is 4. The van der Waals surface area contributed by atoms with Crippen LogP contribution in [0.5, 0.6) is 5.75 Å². The number of hydrogen-bond donors (Lipinski definition) is 1. The number of carbonyl (C=O) groups excluding carboxylic acids is 1. The SMILES string of the molecule is COc1ccc(-c2cc(C(=O)N(C)Cc3ccc(-n4cccn4)cc3)[nH]n2)cc1. The molecule has 146 valence electrons. The Morgan fingerprint density at radius 1 is 1.14 bits per heavy atom. The molecule has 0 atom stereocenters. The fraction of sp³-hybridized carbons (Fsp3) is 0.136. The topological polar surface area (TPSA) is 76.0 Å². The fourth-order valence-corrected chi connectivity index (χ4v) is 3.07. The maximum Gasteiger partial charge on any atom is 0.271 e. The van der Waals surface area contributed by atoms with Crippen molar-refractivity contribution in [3.8, 4) is 22.7 Å². The number of hydrogen-bond acceptors (Lipinski definition) is 4. The van der Waals surface area contributed by atoms with Crippen molar-refractivity contribution in [3.05, 3.63) is 84.3 Å². The Hall–Kier alpha value is -3.87. The van der Waals surface area contributed by atoms with Crippen LogP contribution < -0.4 is 4.74 Å². The van der Waals surface area contributed by atoms with E-state index in [1.807, 2.05) is 60.8 Å². The largest absolute Gasteiger partial charge is 0.497 e. The Morgan fingerprint density at radius 3 is 2.55 bits per heavy atom. The van der Waals surface area contributed by atoms with Crippen molar-refractivity contribution >= 4 is 5.91 Å². The molecule has 0 bridgehead atoms. The van der Waals surface area contributed by atoms with Gasteiger partial charge in [-0.3, -0.25) is 9.89 Å². The van der Waals surface area contributed by atoms with Crippen LogP contribution in [0.4, 0.5) is 0 Å². The van der Waals surface area contributed by atoms with Crippen LogP contribution in [0.1, 0.15) is 16.1 Å². The molecule has 2 aromatic carbocycles. The molecule has 0 spiro atoms. The van der Waals surface area contributed by atoms with Crippen molar-refractivity contribution in [1.82, 2.24) is 24.9 Å². The number of amides is 1. The van der Waals surface area contributed by atoms with E-state index in [0.29, 0.717) is 17.9 Å². The van der Waals surface area contributed by atoms with Crippen molar-refractivity contribution in [3.63, 3.8) is 0 Å².